The third-order valence-corrected chi connectivity index (χ3v) is 9.44. The number of carboxylic acid groups (broad SMARTS) is 2. The average molecular weight is 812 g/mol. The zero-order valence-electron chi connectivity index (χ0n) is 25.5. The maximum Gasteiger partial charge on any atom is 0.355 e. The largest absolute Gasteiger partial charge is 0.478 e. The number of hydrogen-bond donors (Lipinski definition) is 7. The molecule has 23 nitrogen and oxygen atoms in total. The number of benzene rings is 3. The first-order chi connectivity index (χ1) is 24.6. The third kappa shape index (κ3) is 8.72. The molecule has 7 N–H and O–H groups in total. The van der Waals surface area contributed by atoms with Crippen LogP contribution in [0.5, 0.6) is 0 Å². The molecule has 276 valence electrons. The summed E-state index contributed by atoms with van der Waals surface area (Å²) in [4.78, 5) is 46.4. The average Bonchev–Trinajstić information content (AvgIpc) is 3.38. The summed E-state index contributed by atoms with van der Waals surface area (Å²) >= 11 is 6.00. The van der Waals surface area contributed by atoms with Crippen molar-refractivity contribution in [2.75, 3.05) is 15.6 Å². The molecule has 1 aliphatic heterocycles. The first kappa shape index (κ1) is 38.2. The molecule has 0 saturated carbocycles. The Morgan fingerprint density at radius 1 is 0.755 bits per heavy atom. The lowest BCUT2D eigenvalue weighted by molar-refractivity contribution is -0.130. The van der Waals surface area contributed by atoms with E-state index in [1.807, 2.05) is 0 Å². The molecule has 27 heteroatoms. The fourth-order valence-electron chi connectivity index (χ4n) is 4.35. The molecule has 0 radical (unpaired) electrons. The van der Waals surface area contributed by atoms with E-state index in [0.717, 1.165) is 54.6 Å². The number of nitrogens with zero attached hydrogens (tertiary/aromatic N) is 7. The lowest BCUT2D eigenvalue weighted by Gasteiger charge is -2.13. The van der Waals surface area contributed by atoms with Gasteiger partial charge in [-0.3, -0.25) is 18.5 Å². The maximum atomic E-state index is 13.2. The minimum Gasteiger partial charge on any atom is -0.478 e. The highest BCUT2D eigenvalue weighted by Crippen LogP contribution is 2.32. The predicted molar refractivity (Wildman–Crippen MR) is 178 cm³/mol. The molecule has 3 aromatic carbocycles. The van der Waals surface area contributed by atoms with Gasteiger partial charge in [0.05, 0.1) is 26.7 Å². The number of aliphatic carboxylic acids is 1. The van der Waals surface area contributed by atoms with E-state index in [2.05, 4.69) is 40.9 Å². The monoisotopic (exact) mass is 811 g/mol. The number of carbonyl (C=O) groups excluding carboxylic acids is 1. The second kappa shape index (κ2) is 14.2. The molecule has 1 atom stereocenters. The summed E-state index contributed by atoms with van der Waals surface area (Å²) in [6, 6.07) is 7.37. The standard InChI is InChI=1S/C26H18ClN9O14S3/c27-24-30-25(32-26(31-24)29-16-7-6-14(52(45,46)47)10-15(16)22(38)39)28-11-1-8-18(53(48,49)50)17(9-11)33-34-19-20(23(40)41)35-36(21(19)37)12-2-4-13(5-3-12)51(42,43)44/h1-10,19H,(H,38,39)(H,40,41)(H,42,43,44)(H,45,46,47)(H,48,49,50)(H2,28,29,30,31,32). The van der Waals surface area contributed by atoms with Gasteiger partial charge >= 0.3 is 11.9 Å². The van der Waals surface area contributed by atoms with Crippen LogP contribution in [0.4, 0.5) is 34.6 Å². The van der Waals surface area contributed by atoms with E-state index in [1.165, 1.54) is 0 Å². The summed E-state index contributed by atoms with van der Waals surface area (Å²) in [5.41, 5.74) is -2.58. The van der Waals surface area contributed by atoms with Crippen molar-refractivity contribution in [3.8, 4) is 0 Å². The van der Waals surface area contributed by atoms with Crippen LogP contribution >= 0.6 is 11.6 Å². The van der Waals surface area contributed by atoms with Crippen molar-refractivity contribution < 1.29 is 63.5 Å². The van der Waals surface area contributed by atoms with Crippen LogP contribution in [0.2, 0.25) is 5.28 Å². The van der Waals surface area contributed by atoms with Gasteiger partial charge in [-0.25, -0.2) is 9.59 Å². The van der Waals surface area contributed by atoms with E-state index in [0.29, 0.717) is 11.1 Å². The van der Waals surface area contributed by atoms with Gasteiger partial charge in [-0.15, -0.1) is 0 Å². The van der Waals surface area contributed by atoms with Gasteiger partial charge < -0.3 is 20.8 Å². The Balaban J connectivity index is 1.45. The second-order valence-corrected chi connectivity index (χ2v) is 14.7. The van der Waals surface area contributed by atoms with Gasteiger partial charge in [-0.1, -0.05) is 0 Å². The third-order valence-electron chi connectivity index (χ3n) is 6.66. The van der Waals surface area contributed by atoms with E-state index in [-0.39, 0.29) is 29.0 Å². The quantitative estimate of drug-likeness (QED) is 0.0797. The Morgan fingerprint density at radius 3 is 1.92 bits per heavy atom. The highest BCUT2D eigenvalue weighted by Gasteiger charge is 2.41. The Labute approximate surface area is 301 Å². The van der Waals surface area contributed by atoms with E-state index < -0.39 is 91.2 Å². The number of amides is 1. The molecule has 1 aromatic heterocycles. The molecule has 0 saturated heterocycles. The van der Waals surface area contributed by atoms with Crippen molar-refractivity contribution in [3.63, 3.8) is 0 Å². The van der Waals surface area contributed by atoms with Crippen molar-refractivity contribution in [1.29, 1.82) is 0 Å². The van der Waals surface area contributed by atoms with Crippen molar-refractivity contribution >= 4 is 100 Å². The molecular formula is C26H18ClN9O14S3. The Morgan fingerprint density at radius 2 is 1.36 bits per heavy atom. The summed E-state index contributed by atoms with van der Waals surface area (Å²) < 4.78 is 98.1. The molecule has 1 amide bonds. The smallest absolute Gasteiger partial charge is 0.355 e. The molecule has 2 heterocycles. The second-order valence-electron chi connectivity index (χ2n) is 10.2. The summed E-state index contributed by atoms with van der Waals surface area (Å²) in [6.45, 7) is 0. The number of anilines is 5. The molecule has 1 unspecified atom stereocenters. The first-order valence-electron chi connectivity index (χ1n) is 13.7. The summed E-state index contributed by atoms with van der Waals surface area (Å²) in [5, 5.41) is 35.5. The van der Waals surface area contributed by atoms with Crippen molar-refractivity contribution in [2.45, 2.75) is 20.7 Å². The topological polar surface area (TPSA) is 358 Å². The van der Waals surface area contributed by atoms with Crippen molar-refractivity contribution in [2.24, 2.45) is 15.3 Å². The number of aromatic carboxylic acids is 1. The zero-order valence-corrected chi connectivity index (χ0v) is 28.7. The molecule has 5 rings (SSSR count). The molecule has 53 heavy (non-hydrogen) atoms. The lowest BCUT2D eigenvalue weighted by Crippen LogP contribution is -2.33. The van der Waals surface area contributed by atoms with Crippen molar-refractivity contribution in [3.05, 3.63) is 71.5 Å². The predicted octanol–water partition coefficient (Wildman–Crippen LogP) is 2.39. The van der Waals surface area contributed by atoms with Crippen LogP contribution in [0.3, 0.4) is 0 Å². The Hall–Kier alpha value is -6.03. The van der Waals surface area contributed by atoms with Crippen LogP contribution in [0.25, 0.3) is 0 Å². The fraction of sp³-hybridized carbons (Fsp3) is 0.0385. The van der Waals surface area contributed by atoms with Crippen LogP contribution in [0.1, 0.15) is 10.4 Å². The van der Waals surface area contributed by atoms with Crippen LogP contribution in [-0.4, -0.2) is 93.7 Å². The Bertz CT molecular complexity index is 2600. The number of hydrazone groups is 1. The summed E-state index contributed by atoms with van der Waals surface area (Å²) in [6.07, 6.45) is 0. The molecule has 4 aromatic rings. The van der Waals surface area contributed by atoms with E-state index >= 15 is 0 Å². The molecule has 0 bridgehead atoms. The molecule has 0 spiro atoms. The van der Waals surface area contributed by atoms with Gasteiger partial charge in [0, 0.05) is 5.69 Å². The Kier molecular flexibility index (Phi) is 10.2. The zero-order chi connectivity index (χ0) is 39.0. The van der Waals surface area contributed by atoms with Crippen molar-refractivity contribution in [1.82, 2.24) is 15.0 Å². The lowest BCUT2D eigenvalue weighted by atomic mass is 10.2. The number of halogens is 1. The minimum absolute atomic E-state index is 0.0753. The van der Waals surface area contributed by atoms with Crippen LogP contribution in [0.15, 0.2) is 90.7 Å². The van der Waals surface area contributed by atoms with Gasteiger partial charge in [0.15, 0.2) is 5.71 Å². The number of carboxylic acids is 2. The number of nitrogens with one attached hydrogen (secondary N) is 2. The molecular weight excluding hydrogens is 794 g/mol. The highest BCUT2D eigenvalue weighted by atomic mass is 35.5. The summed E-state index contributed by atoms with van der Waals surface area (Å²) in [7, 11) is -14.4. The highest BCUT2D eigenvalue weighted by molar-refractivity contribution is 7.86. The van der Waals surface area contributed by atoms with Gasteiger partial charge in [0.2, 0.25) is 23.2 Å². The van der Waals surface area contributed by atoms with Crippen LogP contribution < -0.4 is 15.6 Å². The number of rotatable bonds is 12. The van der Waals surface area contributed by atoms with Gasteiger partial charge in [-0.2, -0.15) is 60.5 Å². The number of hydrogen-bond acceptors (Lipinski definition) is 17. The fourth-order valence-corrected chi connectivity index (χ4v) is 6.10. The molecule has 0 fully saturated rings. The van der Waals surface area contributed by atoms with E-state index in [4.69, 9.17) is 11.6 Å². The van der Waals surface area contributed by atoms with Gasteiger partial charge in [-0.05, 0) is 72.3 Å². The first-order valence-corrected chi connectivity index (χ1v) is 18.4. The molecule has 0 aliphatic carbocycles. The summed E-state index contributed by atoms with van der Waals surface area (Å²) in [5.74, 6) is -5.19. The van der Waals surface area contributed by atoms with Gasteiger partial charge in [0.25, 0.3) is 36.3 Å². The van der Waals surface area contributed by atoms with Crippen LogP contribution in [-0.2, 0) is 39.9 Å². The van der Waals surface area contributed by atoms with Gasteiger partial charge in [0.1, 0.15) is 10.6 Å². The van der Waals surface area contributed by atoms with E-state index in [1.54, 1.807) is 0 Å². The number of aromatic nitrogens is 3. The van der Waals surface area contributed by atoms with E-state index in [9.17, 15) is 63.5 Å². The SMILES string of the molecule is O=C(O)C1=NN(c2ccc(S(=O)(=O)O)cc2)C(=O)C1N=Nc1cc(Nc2nc(Cl)nc(Nc3ccc(S(=O)(=O)O)cc3C(=O)O)n2)ccc1S(=O)(=O)O. The van der Waals surface area contributed by atoms with Crippen LogP contribution in [0, 0.1) is 0 Å². The maximum absolute atomic E-state index is 13.2. The normalized spacial score (nSPS) is 15.0. The number of azo groups is 1. The number of carbonyl (C=O) groups is 3. The molecule has 1 aliphatic rings. The minimum atomic E-state index is -5.02.